The molecule has 21 rings (SSSR count). The van der Waals surface area contributed by atoms with Crippen molar-refractivity contribution in [2.45, 2.75) is 250 Å². The zero-order valence-electron chi connectivity index (χ0n) is 76.2. The van der Waals surface area contributed by atoms with E-state index in [4.69, 9.17) is 8.83 Å². The highest BCUT2D eigenvalue weighted by Gasteiger charge is 2.48. The van der Waals surface area contributed by atoms with E-state index in [1.165, 1.54) is 300 Å². The molecule has 2 aromatic heterocycles. The maximum absolute atomic E-state index is 7.41. The molecule has 0 aliphatic heterocycles. The molecule has 2 heterocycles. The fraction of sp³-hybridized carbons (Fsp3) is 0.317. The first kappa shape index (κ1) is 81.5. The average molecular weight is 1650 g/mol. The summed E-state index contributed by atoms with van der Waals surface area (Å²) in [6.45, 7) is 24.1. The van der Waals surface area contributed by atoms with E-state index in [0.29, 0.717) is 0 Å². The lowest BCUT2D eigenvalue weighted by Crippen LogP contribution is -2.26. The van der Waals surface area contributed by atoms with Gasteiger partial charge in [-0.1, -0.05) is 380 Å². The second kappa shape index (κ2) is 32.7. The van der Waals surface area contributed by atoms with Gasteiger partial charge in [-0.15, -0.1) is 0 Å². The van der Waals surface area contributed by atoms with Crippen LogP contribution in [-0.4, -0.2) is 0 Å². The highest BCUT2D eigenvalue weighted by atomic mass is 16.3. The second-order valence-corrected chi connectivity index (χ2v) is 39.9. The Morgan fingerprint density at radius 3 is 1.20 bits per heavy atom. The lowest BCUT2D eigenvalue weighted by molar-refractivity contribution is 0.399. The van der Waals surface area contributed by atoms with E-state index in [2.05, 4.69) is 347 Å². The number of unbranched alkanes of at least 4 members (excludes halogenated alkanes) is 16. The van der Waals surface area contributed by atoms with E-state index in [1.54, 1.807) is 11.1 Å². The van der Waals surface area contributed by atoms with Crippen LogP contribution in [-0.2, 0) is 27.1 Å². The fourth-order valence-corrected chi connectivity index (χ4v) is 24.5. The Kier molecular flexibility index (Phi) is 21.2. The van der Waals surface area contributed by atoms with Crippen molar-refractivity contribution < 1.29 is 8.83 Å². The zero-order valence-corrected chi connectivity index (χ0v) is 76.2. The number of anilines is 3. The number of fused-ring (bicyclic) bond motifs is 23. The van der Waals surface area contributed by atoms with Crippen molar-refractivity contribution in [1.29, 1.82) is 0 Å². The van der Waals surface area contributed by atoms with Crippen LogP contribution in [0.15, 0.2) is 282 Å². The van der Waals surface area contributed by atoms with Gasteiger partial charge in [-0.25, -0.2) is 0 Å². The Morgan fingerprint density at radius 1 is 0.222 bits per heavy atom. The maximum Gasteiger partial charge on any atom is 0.143 e. The minimum absolute atomic E-state index is 0.0383. The normalized spacial score (nSPS) is 15.0. The smallest absolute Gasteiger partial charge is 0.143 e. The molecule has 126 heavy (non-hydrogen) atoms. The third-order valence-corrected chi connectivity index (χ3v) is 31.3. The summed E-state index contributed by atoms with van der Waals surface area (Å²) in [5, 5.41) is 4.83. The van der Waals surface area contributed by atoms with Gasteiger partial charge in [0.2, 0.25) is 0 Å². The summed E-state index contributed by atoms with van der Waals surface area (Å²) in [7, 11) is 0. The summed E-state index contributed by atoms with van der Waals surface area (Å²) in [5.74, 6) is 0. The van der Waals surface area contributed by atoms with Crippen molar-refractivity contribution in [2.75, 3.05) is 4.90 Å². The van der Waals surface area contributed by atoms with Crippen LogP contribution in [0.5, 0.6) is 0 Å². The van der Waals surface area contributed by atoms with E-state index in [1.807, 2.05) is 0 Å². The first-order valence-electron chi connectivity index (χ1n) is 48.6. The molecular formula is C123H123NO2. The monoisotopic (exact) mass is 1650 g/mol. The van der Waals surface area contributed by atoms with Gasteiger partial charge in [-0.3, -0.25) is 0 Å². The van der Waals surface area contributed by atoms with Crippen LogP contribution in [0.2, 0.25) is 0 Å². The molecule has 5 aliphatic carbocycles. The number of furan rings is 2. The summed E-state index contributed by atoms with van der Waals surface area (Å²) >= 11 is 0. The predicted octanol–water partition coefficient (Wildman–Crippen LogP) is 36.5. The third-order valence-electron chi connectivity index (χ3n) is 31.3. The topological polar surface area (TPSA) is 29.5 Å². The predicted molar refractivity (Wildman–Crippen MR) is 536 cm³/mol. The van der Waals surface area contributed by atoms with Crippen molar-refractivity contribution in [2.24, 2.45) is 0 Å². The summed E-state index contributed by atoms with van der Waals surface area (Å²) < 4.78 is 14.0. The molecule has 0 saturated heterocycles. The largest absolute Gasteiger partial charge is 0.456 e. The van der Waals surface area contributed by atoms with Crippen molar-refractivity contribution in [1.82, 2.24) is 0 Å². The van der Waals surface area contributed by atoms with Crippen molar-refractivity contribution in [3.05, 3.63) is 329 Å². The lowest BCUT2D eigenvalue weighted by atomic mass is 9.70. The summed E-state index contributed by atoms with van der Waals surface area (Å²) in [5.41, 5.74) is 44.2. The molecule has 0 atom stereocenters. The fourth-order valence-electron chi connectivity index (χ4n) is 24.5. The molecule has 0 fully saturated rings. The van der Waals surface area contributed by atoms with E-state index in [9.17, 15) is 0 Å². The number of hydrogen-bond donors (Lipinski definition) is 0. The van der Waals surface area contributed by atoms with Gasteiger partial charge >= 0.3 is 0 Å². The Labute approximate surface area is 748 Å². The van der Waals surface area contributed by atoms with E-state index in [-0.39, 0.29) is 27.1 Å². The Bertz CT molecular complexity index is 6840. The first-order chi connectivity index (χ1) is 61.6. The summed E-state index contributed by atoms with van der Waals surface area (Å²) in [4.78, 5) is 2.60. The minimum atomic E-state index is -0.315. The van der Waals surface area contributed by atoms with Gasteiger partial charge in [-0.05, 0) is 267 Å². The van der Waals surface area contributed by atoms with Crippen LogP contribution in [0.3, 0.4) is 0 Å². The molecule has 632 valence electrons. The van der Waals surface area contributed by atoms with Gasteiger partial charge in [0.15, 0.2) is 0 Å². The van der Waals surface area contributed by atoms with Gasteiger partial charge in [0.25, 0.3) is 0 Å². The van der Waals surface area contributed by atoms with Crippen molar-refractivity contribution in [3.8, 4) is 100 Å². The standard InChI is InChI=1S/C123H123NO2/c1-11-15-19-23-36-68-122(69-37-24-20-16-12-2)101-45-33-30-42-90(101)93-63-56-86(74-108(93)122)85-55-62-92-91-61-54-84(72-103(91)120(7,8)104(92)73-85)82-48-50-83(51-49-82)98-77-110-114(117-97-44-32-35-47-112(97)126-118(98)117)95-65-60-89(76-109(95)123(110,70-38-25-21-17-13-3)71-39-26-22-18-14-4)124(87-57-52-81(53-58-87)80-40-28-27-29-41-80)88-59-64-94-99-78-107-100(79-106(99)121(9,10)105(94)75-88)115-102(119(107,5)6)66-67-113-116(115)96-43-31-34-46-111(96)125-113/h27-35,40-67,72-79H,11-26,36-39,68-71H2,1-10H3. The zero-order chi connectivity index (χ0) is 85.8. The second-order valence-electron chi connectivity index (χ2n) is 39.9. The SMILES string of the molecule is CCCCCCCC1(CCCCCCC)c2ccccc2-c2ccc(-c3ccc4c(c3)C(C)(C)c3cc(-c5ccc(-c6cc7c(c8c6oc6ccccc68)-c6ccc(N(c8ccc(-c9ccccc9)cc8)c8ccc9c(c8)C(C)(C)c8cc%10c(cc8-9)C(C)(C)c8ccc9oc%11ccccc%11c9c8-%10)cc6C7(CCCCCCC)CCCCCCC)cc5)ccc3-4)cc21. The van der Waals surface area contributed by atoms with Crippen LogP contribution >= 0.6 is 0 Å². The molecule has 16 aromatic rings. The molecule has 3 heteroatoms. The average Bonchev–Trinajstić information content (AvgIpc) is 1.53. The molecule has 3 nitrogen and oxygen atoms in total. The van der Waals surface area contributed by atoms with Gasteiger partial charge in [0.1, 0.15) is 22.3 Å². The molecular weight excluding hydrogens is 1520 g/mol. The molecule has 0 bridgehead atoms. The molecule has 0 spiro atoms. The number of rotatable bonds is 31. The summed E-state index contributed by atoms with van der Waals surface area (Å²) in [6.07, 6.45) is 29.8. The molecule has 5 aliphatic rings. The quantitative estimate of drug-likeness (QED) is 0.0406. The number of para-hydroxylation sites is 2. The molecule has 14 aromatic carbocycles. The Morgan fingerprint density at radius 2 is 0.595 bits per heavy atom. The van der Waals surface area contributed by atoms with Crippen molar-refractivity contribution >= 4 is 60.9 Å². The molecule has 0 unspecified atom stereocenters. The van der Waals surface area contributed by atoms with Crippen LogP contribution < -0.4 is 4.90 Å². The highest BCUT2D eigenvalue weighted by Crippen LogP contribution is 2.64. The van der Waals surface area contributed by atoms with Crippen LogP contribution in [0.1, 0.15) is 279 Å². The Hall–Kier alpha value is -11.5. The minimum Gasteiger partial charge on any atom is -0.456 e. The molecule has 0 radical (unpaired) electrons. The summed E-state index contributed by atoms with van der Waals surface area (Å²) in [6, 6.07) is 107. The van der Waals surface area contributed by atoms with Crippen LogP contribution in [0.25, 0.3) is 144 Å². The number of hydrogen-bond acceptors (Lipinski definition) is 3. The number of benzene rings is 14. The number of nitrogens with zero attached hydrogens (tertiary/aromatic N) is 1. The van der Waals surface area contributed by atoms with Gasteiger partial charge < -0.3 is 13.7 Å². The Balaban J connectivity index is 0.656. The highest BCUT2D eigenvalue weighted by molar-refractivity contribution is 6.19. The first-order valence-corrected chi connectivity index (χ1v) is 48.6. The molecule has 0 saturated carbocycles. The van der Waals surface area contributed by atoms with E-state index >= 15 is 0 Å². The van der Waals surface area contributed by atoms with Gasteiger partial charge in [0.05, 0.1) is 0 Å². The van der Waals surface area contributed by atoms with E-state index < -0.39 is 0 Å². The third kappa shape index (κ3) is 13.4. The van der Waals surface area contributed by atoms with Gasteiger partial charge in [0, 0.05) is 71.2 Å². The van der Waals surface area contributed by atoms with E-state index in [0.717, 1.165) is 59.4 Å². The van der Waals surface area contributed by atoms with Crippen LogP contribution in [0.4, 0.5) is 17.1 Å². The van der Waals surface area contributed by atoms with Gasteiger partial charge in [-0.2, -0.15) is 0 Å². The van der Waals surface area contributed by atoms with Crippen LogP contribution in [0, 0.1) is 0 Å². The maximum atomic E-state index is 7.41. The lowest BCUT2D eigenvalue weighted by Gasteiger charge is -2.34. The van der Waals surface area contributed by atoms with Crippen molar-refractivity contribution in [3.63, 3.8) is 0 Å². The molecule has 0 N–H and O–H groups in total. The molecule has 0 amide bonds.